The molecule has 0 fully saturated rings. The average molecular weight is 1580 g/mol. The summed E-state index contributed by atoms with van der Waals surface area (Å²) in [4.78, 5) is 83.6. The summed E-state index contributed by atoms with van der Waals surface area (Å²) in [5.41, 5.74) is 3.63. The third-order valence-electron chi connectivity index (χ3n) is 8.42. The highest BCUT2D eigenvalue weighted by molar-refractivity contribution is 14.1. The molecule has 0 saturated carbocycles. The van der Waals surface area contributed by atoms with Gasteiger partial charge in [0.15, 0.2) is 0 Å². The Morgan fingerprint density at radius 3 is 0.906 bits per heavy atom. The number of aliphatic hydroxyl groups is 11. The highest BCUT2D eigenvalue weighted by atomic mass is 127. The van der Waals surface area contributed by atoms with Gasteiger partial charge in [-0.2, -0.15) is 0 Å². The maximum Gasteiger partial charge on any atom is 0.274 e. The van der Waals surface area contributed by atoms with Crippen LogP contribution in [0, 0.1) is 21.4 Å². The van der Waals surface area contributed by atoms with Crippen LogP contribution in [0.2, 0.25) is 0 Å². The number of hydrazine groups is 2. The molecule has 2 rings (SSSR count). The third-order valence-corrected chi connectivity index (χ3v) is 14.0. The van der Waals surface area contributed by atoms with Crippen LogP contribution >= 0.6 is 136 Å². The number of benzene rings is 2. The lowest BCUT2D eigenvalue weighted by molar-refractivity contribution is -0.128. The van der Waals surface area contributed by atoms with Gasteiger partial charge in [-0.1, -0.05) is 0 Å². The van der Waals surface area contributed by atoms with Crippen molar-refractivity contribution in [2.45, 2.75) is 30.5 Å². The molecule has 0 spiro atoms. The van der Waals surface area contributed by atoms with Crippen molar-refractivity contribution in [2.24, 2.45) is 0 Å². The molecule has 0 aliphatic rings. The van der Waals surface area contributed by atoms with Crippen LogP contribution in [0.15, 0.2) is 12.1 Å². The second-order valence-electron chi connectivity index (χ2n) is 13.4. The third kappa shape index (κ3) is 16.7. The summed E-state index contributed by atoms with van der Waals surface area (Å²) in [5.74, 6) is -6.04. The van der Waals surface area contributed by atoms with Crippen molar-refractivity contribution in [2.75, 3.05) is 78.9 Å². The summed E-state index contributed by atoms with van der Waals surface area (Å²) >= 11 is 10.6. The summed E-state index contributed by atoms with van der Waals surface area (Å²) in [6.45, 7) is -8.96. The number of rotatable bonds is 22. The molecule has 0 saturated heterocycles. The minimum atomic E-state index is -1.86. The molecule has 0 aliphatic carbocycles. The molecule has 0 aliphatic heterocycles. The van der Waals surface area contributed by atoms with Crippen molar-refractivity contribution >= 4 is 171 Å². The molecule has 2 aromatic carbocycles. The maximum atomic E-state index is 14.3. The van der Waals surface area contributed by atoms with Gasteiger partial charge in [0.05, 0.1) is 92.3 Å². The van der Waals surface area contributed by atoms with E-state index in [9.17, 15) is 84.9 Å². The molecule has 358 valence electrons. The predicted molar refractivity (Wildman–Crippen MR) is 272 cm³/mol. The SMILES string of the molecule is O=C(CO)NN(CC(O)CN(NC(=O)CO)C(=O)c1c(I)cc(I)c(C(=O)N(CC(O)CO)CC(O)CO)c1I)C(=O)c1c(I)cc(I)c(C(=O)N(CC(O)CO)CC(O)CO)c1I. The highest BCUT2D eigenvalue weighted by Crippen LogP contribution is 2.32. The van der Waals surface area contributed by atoms with Crippen molar-refractivity contribution in [3.63, 3.8) is 0 Å². The number of halogens is 6. The van der Waals surface area contributed by atoms with Crippen LogP contribution in [-0.4, -0.2) is 221 Å². The van der Waals surface area contributed by atoms with Crippen molar-refractivity contribution in [3.8, 4) is 0 Å². The molecule has 0 heterocycles. The normalized spacial score (nSPS) is 13.6. The molecule has 0 aromatic heterocycles. The quantitative estimate of drug-likeness (QED) is 0.0404. The molecular formula is C35H44I6N6O17. The summed E-state index contributed by atoms with van der Waals surface area (Å²) < 4.78 is 0.991. The van der Waals surface area contributed by atoms with Crippen molar-refractivity contribution in [1.82, 2.24) is 30.7 Å². The number of hydrogen-bond donors (Lipinski definition) is 13. The van der Waals surface area contributed by atoms with Gasteiger partial charge in [0, 0.05) is 47.6 Å². The minimum absolute atomic E-state index is 0.0147. The van der Waals surface area contributed by atoms with E-state index in [0.29, 0.717) is 10.0 Å². The van der Waals surface area contributed by atoms with Crippen LogP contribution in [0.4, 0.5) is 0 Å². The fraction of sp³-hybridized carbons (Fsp3) is 0.486. The monoisotopic (exact) mass is 1580 g/mol. The maximum absolute atomic E-state index is 14.3. The van der Waals surface area contributed by atoms with E-state index in [0.717, 1.165) is 9.80 Å². The van der Waals surface area contributed by atoms with E-state index in [1.165, 1.54) is 12.1 Å². The van der Waals surface area contributed by atoms with E-state index in [2.05, 4.69) is 10.9 Å². The number of hydrogen-bond acceptors (Lipinski definition) is 17. The molecule has 2 aromatic rings. The van der Waals surface area contributed by atoms with Gasteiger partial charge in [-0.15, -0.1) is 0 Å². The number of carbonyl (C=O) groups excluding carboxylic acids is 6. The van der Waals surface area contributed by atoms with E-state index >= 15 is 0 Å². The number of amides is 6. The Balaban J connectivity index is 2.67. The van der Waals surface area contributed by atoms with Crippen LogP contribution in [0.1, 0.15) is 41.4 Å². The standard InChI is InChI=1S/C35H44I6N6O17/c36-20-1-22(38)28(30(40)26(20)32(61)44(3-16(55)9-48)4-17(56)10-49)34(63)46(42-24(59)13-52)7-15(54)8-47(43-25(60)14-53)35(64)29-23(39)2-21(37)27(31(29)41)33(62)45(5-18(57)11-50)6-19(58)12-51/h1-2,15-19,48-58H,3-14H2,(H,42,59)(H,43,60). The van der Waals surface area contributed by atoms with Gasteiger partial charge >= 0.3 is 0 Å². The van der Waals surface area contributed by atoms with Crippen molar-refractivity contribution in [1.29, 1.82) is 0 Å². The van der Waals surface area contributed by atoms with Crippen LogP contribution in [-0.2, 0) is 9.59 Å². The number of nitrogens with zero attached hydrogens (tertiary/aromatic N) is 4. The van der Waals surface area contributed by atoms with E-state index in [1.807, 2.05) is 45.2 Å². The number of carbonyl (C=O) groups is 6. The lowest BCUT2D eigenvalue weighted by atomic mass is 10.1. The van der Waals surface area contributed by atoms with Gasteiger partial charge in [-0.3, -0.25) is 39.6 Å². The topological polar surface area (TPSA) is 362 Å². The Hall–Kier alpha value is -0.800. The Labute approximate surface area is 446 Å². The molecule has 29 heteroatoms. The Morgan fingerprint density at radius 2 is 0.672 bits per heavy atom. The molecule has 6 amide bonds. The lowest BCUT2D eigenvalue weighted by Gasteiger charge is -2.31. The first-order valence-electron chi connectivity index (χ1n) is 18.2. The Kier molecular flexibility index (Phi) is 26.5. The first-order valence-corrected chi connectivity index (χ1v) is 24.7. The van der Waals surface area contributed by atoms with E-state index in [1.54, 1.807) is 90.4 Å². The van der Waals surface area contributed by atoms with E-state index in [-0.39, 0.29) is 43.7 Å². The lowest BCUT2D eigenvalue weighted by Crippen LogP contribution is -2.55. The van der Waals surface area contributed by atoms with Gasteiger partial charge in [-0.05, 0) is 148 Å². The fourth-order valence-electron chi connectivity index (χ4n) is 5.49. The highest BCUT2D eigenvalue weighted by Gasteiger charge is 2.35. The molecule has 13 N–H and O–H groups in total. The van der Waals surface area contributed by atoms with Crippen LogP contribution in [0.25, 0.3) is 0 Å². The predicted octanol–water partition coefficient (Wildman–Crippen LogP) is -3.40. The Morgan fingerprint density at radius 1 is 0.422 bits per heavy atom. The molecule has 4 unspecified atom stereocenters. The van der Waals surface area contributed by atoms with Gasteiger partial charge < -0.3 is 66.0 Å². The van der Waals surface area contributed by atoms with Crippen molar-refractivity contribution < 1.29 is 84.9 Å². The van der Waals surface area contributed by atoms with E-state index < -0.39 is 145 Å². The zero-order chi connectivity index (χ0) is 48.7. The summed E-state index contributed by atoms with van der Waals surface area (Å²) in [6, 6.07) is 2.85. The van der Waals surface area contributed by atoms with Crippen LogP contribution < -0.4 is 10.9 Å². The van der Waals surface area contributed by atoms with Crippen LogP contribution in [0.5, 0.6) is 0 Å². The Bertz CT molecular complexity index is 1850. The molecule has 4 atom stereocenters. The van der Waals surface area contributed by atoms with Gasteiger partial charge in [0.25, 0.3) is 35.4 Å². The second-order valence-corrected chi connectivity index (χ2v) is 20.3. The largest absolute Gasteiger partial charge is 0.394 e. The minimum Gasteiger partial charge on any atom is -0.394 e. The summed E-state index contributed by atoms with van der Waals surface area (Å²) in [6.07, 6.45) is -7.65. The van der Waals surface area contributed by atoms with Crippen LogP contribution in [0.3, 0.4) is 0 Å². The first kappa shape index (κ1) is 59.3. The zero-order valence-electron chi connectivity index (χ0n) is 33.0. The van der Waals surface area contributed by atoms with Gasteiger partial charge in [0.2, 0.25) is 0 Å². The summed E-state index contributed by atoms with van der Waals surface area (Å²) in [7, 11) is 0. The van der Waals surface area contributed by atoms with Gasteiger partial charge in [-0.25, -0.2) is 10.0 Å². The van der Waals surface area contributed by atoms with E-state index in [4.69, 9.17) is 0 Å². The first-order chi connectivity index (χ1) is 30.0. The molecule has 23 nitrogen and oxygen atoms in total. The second kappa shape index (κ2) is 28.6. The molecule has 0 bridgehead atoms. The number of aliphatic hydroxyl groups excluding tert-OH is 11. The fourth-order valence-corrected chi connectivity index (χ4v) is 14.1. The van der Waals surface area contributed by atoms with Crippen molar-refractivity contribution in [3.05, 3.63) is 55.8 Å². The van der Waals surface area contributed by atoms with Gasteiger partial charge in [0.1, 0.15) is 13.2 Å². The summed E-state index contributed by atoms with van der Waals surface area (Å²) in [5, 5.41) is 110. The number of nitrogens with one attached hydrogen (secondary N) is 2. The molecular weight excluding hydrogens is 1540 g/mol. The zero-order valence-corrected chi connectivity index (χ0v) is 45.9. The molecule has 64 heavy (non-hydrogen) atoms. The average Bonchev–Trinajstić information content (AvgIpc) is 3.24. The smallest absolute Gasteiger partial charge is 0.274 e. The molecule has 0 radical (unpaired) electrons.